The summed E-state index contributed by atoms with van der Waals surface area (Å²) in [6, 6.07) is 7.35. The molecule has 1 aromatic carbocycles. The van der Waals surface area contributed by atoms with Gasteiger partial charge in [0.1, 0.15) is 6.61 Å². The zero-order valence-corrected chi connectivity index (χ0v) is 14.0. The van der Waals surface area contributed by atoms with Crippen molar-refractivity contribution in [3.05, 3.63) is 30.2 Å². The molecule has 2 aliphatic heterocycles. The topological polar surface area (TPSA) is 94.8 Å². The second kappa shape index (κ2) is 6.75. The van der Waals surface area contributed by atoms with Crippen molar-refractivity contribution in [3.8, 4) is 11.5 Å². The monoisotopic (exact) mass is 361 g/mol. The van der Waals surface area contributed by atoms with E-state index >= 15 is 0 Å². The second-order valence-corrected chi connectivity index (χ2v) is 6.53. The lowest BCUT2D eigenvalue weighted by atomic mass is 10.2. The molecule has 0 saturated carbocycles. The first kappa shape index (κ1) is 15.9. The molecule has 2 amide bonds. The summed E-state index contributed by atoms with van der Waals surface area (Å²) < 4.78 is 17.0. The van der Waals surface area contributed by atoms with Crippen molar-refractivity contribution >= 4 is 23.6 Å². The van der Waals surface area contributed by atoms with E-state index in [0.29, 0.717) is 30.4 Å². The molecule has 25 heavy (non-hydrogen) atoms. The summed E-state index contributed by atoms with van der Waals surface area (Å²) in [5.41, 5.74) is 0. The molecule has 0 bridgehead atoms. The highest BCUT2D eigenvalue weighted by Gasteiger charge is 2.29. The Labute approximate surface area is 147 Å². The molecular formula is C16H15N3O5S. The van der Waals surface area contributed by atoms with Crippen LogP contribution in [-0.2, 0) is 9.59 Å². The molecule has 1 fully saturated rings. The maximum absolute atomic E-state index is 12.0. The van der Waals surface area contributed by atoms with Gasteiger partial charge in [-0.05, 0) is 18.6 Å². The van der Waals surface area contributed by atoms with E-state index < -0.39 is 6.10 Å². The van der Waals surface area contributed by atoms with Gasteiger partial charge in [-0.15, -0.1) is 10.2 Å². The van der Waals surface area contributed by atoms with Crippen LogP contribution in [0, 0.1) is 0 Å². The van der Waals surface area contributed by atoms with Gasteiger partial charge in [0.2, 0.25) is 17.9 Å². The van der Waals surface area contributed by atoms with E-state index in [2.05, 4.69) is 10.2 Å². The Morgan fingerprint density at radius 1 is 1.28 bits per heavy atom. The molecule has 0 N–H and O–H groups in total. The summed E-state index contributed by atoms with van der Waals surface area (Å²) in [6.45, 7) is 0.754. The van der Waals surface area contributed by atoms with Crippen molar-refractivity contribution in [2.75, 3.05) is 18.9 Å². The number of aromatic nitrogens is 2. The van der Waals surface area contributed by atoms with Crippen LogP contribution in [-0.4, -0.2) is 45.8 Å². The van der Waals surface area contributed by atoms with Crippen LogP contribution in [0.25, 0.3) is 0 Å². The first-order chi connectivity index (χ1) is 12.2. The number of thioether (sulfide) groups is 1. The average molecular weight is 361 g/mol. The number of rotatable bonds is 4. The molecule has 4 rings (SSSR count). The lowest BCUT2D eigenvalue weighted by Crippen LogP contribution is -2.33. The summed E-state index contributed by atoms with van der Waals surface area (Å²) in [5.74, 6) is 1.31. The van der Waals surface area contributed by atoms with Gasteiger partial charge in [0.25, 0.3) is 11.1 Å². The molecule has 1 saturated heterocycles. The molecule has 0 unspecified atom stereocenters. The summed E-state index contributed by atoms with van der Waals surface area (Å²) >= 11 is 1.11. The Morgan fingerprint density at radius 2 is 2.12 bits per heavy atom. The Kier molecular flexibility index (Phi) is 4.31. The van der Waals surface area contributed by atoms with E-state index in [1.807, 2.05) is 18.2 Å². The molecule has 0 aliphatic carbocycles. The zero-order chi connectivity index (χ0) is 17.2. The van der Waals surface area contributed by atoms with E-state index in [0.717, 1.165) is 18.2 Å². The number of benzene rings is 1. The SMILES string of the molecule is O=C1CCCN1C(=O)CSc1nnc([C@@H]2COc3ccccc3O2)o1. The van der Waals surface area contributed by atoms with Gasteiger partial charge in [-0.25, -0.2) is 0 Å². The Bertz CT molecular complexity index is 809. The van der Waals surface area contributed by atoms with Crippen LogP contribution in [0.4, 0.5) is 0 Å². The maximum Gasteiger partial charge on any atom is 0.277 e. The van der Waals surface area contributed by atoms with Gasteiger partial charge in [0, 0.05) is 13.0 Å². The normalized spacial score (nSPS) is 19.3. The average Bonchev–Trinajstić information content (AvgIpc) is 3.28. The van der Waals surface area contributed by atoms with Crippen LogP contribution in [0.5, 0.6) is 11.5 Å². The zero-order valence-electron chi connectivity index (χ0n) is 13.2. The van der Waals surface area contributed by atoms with E-state index in [1.54, 1.807) is 6.07 Å². The van der Waals surface area contributed by atoms with Gasteiger partial charge in [0.05, 0.1) is 5.75 Å². The maximum atomic E-state index is 12.0. The van der Waals surface area contributed by atoms with Gasteiger partial charge in [-0.1, -0.05) is 23.9 Å². The number of carbonyl (C=O) groups excluding carboxylic acids is 2. The van der Waals surface area contributed by atoms with Crippen molar-refractivity contribution < 1.29 is 23.5 Å². The van der Waals surface area contributed by atoms with Crippen LogP contribution in [0.15, 0.2) is 33.9 Å². The number of imide groups is 1. The van der Waals surface area contributed by atoms with E-state index in [9.17, 15) is 9.59 Å². The van der Waals surface area contributed by atoms with Crippen LogP contribution in [0.2, 0.25) is 0 Å². The molecule has 8 nitrogen and oxygen atoms in total. The summed E-state index contributed by atoms with van der Waals surface area (Å²) in [7, 11) is 0. The lowest BCUT2D eigenvalue weighted by molar-refractivity contribution is -0.140. The number of likely N-dealkylation sites (tertiary alicyclic amines) is 1. The largest absolute Gasteiger partial charge is 0.485 e. The molecule has 130 valence electrons. The number of hydrogen-bond acceptors (Lipinski definition) is 8. The Hall–Kier alpha value is -2.55. The van der Waals surface area contributed by atoms with Crippen LogP contribution >= 0.6 is 11.8 Å². The van der Waals surface area contributed by atoms with Crippen LogP contribution in [0.3, 0.4) is 0 Å². The van der Waals surface area contributed by atoms with Gasteiger partial charge in [0.15, 0.2) is 11.5 Å². The fourth-order valence-corrected chi connectivity index (χ4v) is 3.31. The molecule has 2 aliphatic rings. The molecule has 0 spiro atoms. The third-order valence-corrected chi connectivity index (χ3v) is 4.70. The predicted octanol–water partition coefficient (Wildman–Crippen LogP) is 1.82. The van der Waals surface area contributed by atoms with Gasteiger partial charge >= 0.3 is 0 Å². The first-order valence-electron chi connectivity index (χ1n) is 7.88. The van der Waals surface area contributed by atoms with E-state index in [4.69, 9.17) is 13.9 Å². The number of carbonyl (C=O) groups is 2. The first-order valence-corrected chi connectivity index (χ1v) is 8.87. The van der Waals surface area contributed by atoms with E-state index in [-0.39, 0.29) is 29.4 Å². The molecule has 0 radical (unpaired) electrons. The Morgan fingerprint density at radius 3 is 2.92 bits per heavy atom. The number of ether oxygens (including phenoxy) is 2. The smallest absolute Gasteiger partial charge is 0.277 e. The molecule has 3 heterocycles. The minimum Gasteiger partial charge on any atom is -0.485 e. The number of hydrogen-bond donors (Lipinski definition) is 0. The molecule has 2 aromatic rings. The lowest BCUT2D eigenvalue weighted by Gasteiger charge is -2.23. The third kappa shape index (κ3) is 3.32. The van der Waals surface area contributed by atoms with Crippen molar-refractivity contribution in [1.29, 1.82) is 0 Å². The van der Waals surface area contributed by atoms with Crippen LogP contribution < -0.4 is 9.47 Å². The van der Waals surface area contributed by atoms with Crippen molar-refractivity contribution in [3.63, 3.8) is 0 Å². The van der Waals surface area contributed by atoms with Crippen molar-refractivity contribution in [1.82, 2.24) is 15.1 Å². The molecule has 9 heteroatoms. The van der Waals surface area contributed by atoms with E-state index in [1.165, 1.54) is 4.90 Å². The fraction of sp³-hybridized carbons (Fsp3) is 0.375. The number of amides is 2. The molecule has 1 aromatic heterocycles. The highest BCUT2D eigenvalue weighted by Crippen LogP contribution is 2.35. The van der Waals surface area contributed by atoms with Crippen molar-refractivity contribution in [2.45, 2.75) is 24.2 Å². The van der Waals surface area contributed by atoms with Crippen molar-refractivity contribution in [2.24, 2.45) is 0 Å². The number of nitrogens with zero attached hydrogens (tertiary/aromatic N) is 3. The summed E-state index contributed by atoms with van der Waals surface area (Å²) in [4.78, 5) is 24.9. The second-order valence-electron chi connectivity index (χ2n) is 5.60. The minimum absolute atomic E-state index is 0.0816. The predicted molar refractivity (Wildman–Crippen MR) is 86.3 cm³/mol. The quantitative estimate of drug-likeness (QED) is 0.761. The highest BCUT2D eigenvalue weighted by atomic mass is 32.2. The summed E-state index contributed by atoms with van der Waals surface area (Å²) in [5, 5.41) is 8.15. The molecule has 1 atom stereocenters. The number of para-hydroxylation sites is 2. The minimum atomic E-state index is -0.493. The highest BCUT2D eigenvalue weighted by molar-refractivity contribution is 7.99. The Balaban J connectivity index is 1.36. The third-order valence-electron chi connectivity index (χ3n) is 3.90. The van der Waals surface area contributed by atoms with Gasteiger partial charge < -0.3 is 13.9 Å². The molecular weight excluding hydrogens is 346 g/mol. The fourth-order valence-electron chi connectivity index (χ4n) is 2.66. The summed E-state index contributed by atoms with van der Waals surface area (Å²) in [6.07, 6.45) is 0.662. The number of fused-ring (bicyclic) bond motifs is 1. The van der Waals surface area contributed by atoms with Gasteiger partial charge in [-0.3, -0.25) is 14.5 Å². The standard InChI is InChI=1S/C16H15N3O5S/c20-13-6-3-7-19(13)14(21)9-25-16-18-17-15(24-16)12-8-22-10-4-1-2-5-11(10)23-12/h1-2,4-5,12H,3,6-9H2/t12-/m0/s1. The van der Waals surface area contributed by atoms with Gasteiger partial charge in [-0.2, -0.15) is 0 Å². The van der Waals surface area contributed by atoms with Crippen LogP contribution in [0.1, 0.15) is 24.8 Å².